The number of pyridine rings is 1. The number of carbonyl (C=O) groups excluding carboxylic acids is 1. The molecule has 0 aliphatic heterocycles. The Morgan fingerprint density at radius 3 is 2.74 bits per heavy atom. The lowest BCUT2D eigenvalue weighted by Crippen LogP contribution is -2.13. The van der Waals surface area contributed by atoms with Crippen molar-refractivity contribution in [2.75, 3.05) is 5.32 Å². The predicted octanol–water partition coefficient (Wildman–Crippen LogP) is 3.54. The Kier molecular flexibility index (Phi) is 5.93. The number of rotatable bonds is 7. The van der Waals surface area contributed by atoms with Gasteiger partial charge in [0.25, 0.3) is 5.91 Å². The van der Waals surface area contributed by atoms with Gasteiger partial charge in [-0.2, -0.15) is 10.2 Å². The summed E-state index contributed by atoms with van der Waals surface area (Å²) < 4.78 is 7.64. The molecule has 3 aromatic heterocycles. The first kappa shape index (κ1) is 20.1. The van der Waals surface area contributed by atoms with Gasteiger partial charge in [0.1, 0.15) is 35.9 Å². The molecule has 1 N–H and O–H groups in total. The molecular weight excluding hydrogens is 394 g/mol. The Hall–Kier alpha value is -4.14. The summed E-state index contributed by atoms with van der Waals surface area (Å²) in [6.45, 7) is 4.34. The monoisotopic (exact) mass is 415 g/mol. The van der Waals surface area contributed by atoms with Gasteiger partial charge < -0.3 is 14.6 Å². The first-order valence-corrected chi connectivity index (χ1v) is 9.78. The molecule has 9 nitrogen and oxygen atoms in total. The normalized spacial score (nSPS) is 10.8. The Balaban J connectivity index is 1.47. The van der Waals surface area contributed by atoms with Gasteiger partial charge in [0.15, 0.2) is 5.82 Å². The van der Waals surface area contributed by atoms with Crippen LogP contribution in [0.25, 0.3) is 11.5 Å². The molecule has 4 rings (SSSR count). The summed E-state index contributed by atoms with van der Waals surface area (Å²) in [6, 6.07) is 16.1. The quantitative estimate of drug-likeness (QED) is 0.492. The van der Waals surface area contributed by atoms with Crippen molar-refractivity contribution < 1.29 is 9.53 Å². The van der Waals surface area contributed by atoms with Crippen LogP contribution in [-0.2, 0) is 6.61 Å². The lowest BCUT2D eigenvalue weighted by atomic mass is 10.2. The summed E-state index contributed by atoms with van der Waals surface area (Å²) in [7, 11) is 0. The summed E-state index contributed by atoms with van der Waals surface area (Å²) in [4.78, 5) is 17.3. The topological polar surface area (TPSA) is 108 Å². The van der Waals surface area contributed by atoms with Gasteiger partial charge in [-0.25, -0.2) is 4.98 Å². The van der Waals surface area contributed by atoms with Crippen LogP contribution in [0.5, 0.6) is 5.75 Å². The highest BCUT2D eigenvalue weighted by atomic mass is 16.5. The third kappa shape index (κ3) is 4.89. The molecule has 156 valence electrons. The number of benzene rings is 1. The minimum absolute atomic E-state index is 0.189. The number of carbonyl (C=O) groups is 1. The number of hydrogen-bond acceptors (Lipinski definition) is 7. The van der Waals surface area contributed by atoms with Crippen LogP contribution in [0.3, 0.4) is 0 Å². The average molecular weight is 415 g/mol. The second-order valence-corrected chi connectivity index (χ2v) is 7.05. The van der Waals surface area contributed by atoms with E-state index in [0.717, 1.165) is 0 Å². The van der Waals surface area contributed by atoms with E-state index in [9.17, 15) is 4.79 Å². The second kappa shape index (κ2) is 9.12. The zero-order valence-electron chi connectivity index (χ0n) is 17.1. The number of hydrogen-bond donors (Lipinski definition) is 1. The highest BCUT2D eigenvalue weighted by molar-refractivity contribution is 6.04. The van der Waals surface area contributed by atoms with Crippen molar-refractivity contribution in [2.24, 2.45) is 0 Å². The van der Waals surface area contributed by atoms with Gasteiger partial charge in [0.2, 0.25) is 0 Å². The van der Waals surface area contributed by atoms with Crippen LogP contribution in [0, 0.1) is 0 Å². The molecule has 1 aromatic carbocycles. The van der Waals surface area contributed by atoms with Crippen molar-refractivity contribution in [3.63, 3.8) is 0 Å². The fraction of sp³-hybridized carbons (Fsp3) is 0.182. The van der Waals surface area contributed by atoms with Crippen LogP contribution in [0.15, 0.2) is 67.1 Å². The Morgan fingerprint density at radius 1 is 1.06 bits per heavy atom. The third-order valence-corrected chi connectivity index (χ3v) is 4.46. The Labute approximate surface area is 179 Å². The molecule has 0 aliphatic carbocycles. The van der Waals surface area contributed by atoms with Gasteiger partial charge in [0, 0.05) is 17.8 Å². The molecule has 0 atom stereocenters. The fourth-order valence-corrected chi connectivity index (χ4v) is 2.92. The van der Waals surface area contributed by atoms with E-state index in [1.165, 1.54) is 0 Å². The van der Waals surface area contributed by atoms with Crippen LogP contribution in [0.4, 0.5) is 5.82 Å². The number of nitrogens with zero attached hydrogens (tertiary/aromatic N) is 6. The summed E-state index contributed by atoms with van der Waals surface area (Å²) >= 11 is 0. The van der Waals surface area contributed by atoms with Crippen molar-refractivity contribution in [3.8, 4) is 17.3 Å². The first-order chi connectivity index (χ1) is 15.1. The van der Waals surface area contributed by atoms with Crippen molar-refractivity contribution in [1.82, 2.24) is 29.9 Å². The Morgan fingerprint density at radius 2 is 1.94 bits per heavy atom. The molecule has 0 aliphatic rings. The van der Waals surface area contributed by atoms with Gasteiger partial charge in [-0.3, -0.25) is 4.79 Å². The molecule has 3 heterocycles. The van der Waals surface area contributed by atoms with Gasteiger partial charge >= 0.3 is 0 Å². The average Bonchev–Trinajstić information content (AvgIpc) is 3.29. The smallest absolute Gasteiger partial charge is 0.256 e. The van der Waals surface area contributed by atoms with Crippen LogP contribution in [-0.4, -0.2) is 35.9 Å². The third-order valence-electron chi connectivity index (χ3n) is 4.46. The molecule has 4 aromatic rings. The van der Waals surface area contributed by atoms with Crippen LogP contribution in [0.1, 0.15) is 35.9 Å². The summed E-state index contributed by atoms with van der Waals surface area (Å²) in [5.74, 6) is 1.34. The largest absolute Gasteiger partial charge is 0.487 e. The molecule has 0 spiro atoms. The molecule has 0 radical (unpaired) electrons. The van der Waals surface area contributed by atoms with Gasteiger partial charge in [-0.1, -0.05) is 12.1 Å². The van der Waals surface area contributed by atoms with E-state index in [2.05, 4.69) is 30.7 Å². The molecule has 0 fully saturated rings. The zero-order valence-corrected chi connectivity index (χ0v) is 17.1. The minimum atomic E-state index is -0.292. The van der Waals surface area contributed by atoms with Gasteiger partial charge in [-0.15, -0.1) is 10.2 Å². The lowest BCUT2D eigenvalue weighted by Gasteiger charge is -2.11. The molecule has 1 amide bonds. The zero-order chi connectivity index (χ0) is 21.6. The van der Waals surface area contributed by atoms with Gasteiger partial charge in [0.05, 0.1) is 0 Å². The molecule has 0 saturated heterocycles. The first-order valence-electron chi connectivity index (χ1n) is 9.78. The van der Waals surface area contributed by atoms with E-state index in [1.54, 1.807) is 48.9 Å². The van der Waals surface area contributed by atoms with Gasteiger partial charge in [-0.05, 0) is 56.3 Å². The molecule has 0 bridgehead atoms. The minimum Gasteiger partial charge on any atom is -0.487 e. The van der Waals surface area contributed by atoms with E-state index >= 15 is 0 Å². The standard InChI is InChI=1S/C22H21N7O2/c1-15(2)29-14-24-28-21(29)19-9-4-10-20(25-19)26-22(30)16-6-3-8-18(12-16)31-13-17-7-5-11-23-27-17/h3-12,14-15H,13H2,1-2H3,(H,25,26,30). The maximum atomic E-state index is 12.8. The summed E-state index contributed by atoms with van der Waals surface area (Å²) in [6.07, 6.45) is 3.27. The number of anilines is 1. The maximum absolute atomic E-state index is 12.8. The van der Waals surface area contributed by atoms with E-state index < -0.39 is 0 Å². The second-order valence-electron chi connectivity index (χ2n) is 7.05. The molecule has 9 heteroatoms. The van der Waals surface area contributed by atoms with E-state index in [0.29, 0.717) is 34.3 Å². The SMILES string of the molecule is CC(C)n1cnnc1-c1cccc(NC(=O)c2cccc(OCc3cccnn3)c2)n1. The summed E-state index contributed by atoms with van der Waals surface area (Å²) in [5, 5.41) is 18.7. The summed E-state index contributed by atoms with van der Waals surface area (Å²) in [5.41, 5.74) is 1.78. The molecular formula is C22H21N7O2. The van der Waals surface area contributed by atoms with E-state index in [-0.39, 0.29) is 18.6 Å². The van der Waals surface area contributed by atoms with Crippen molar-refractivity contribution in [2.45, 2.75) is 26.5 Å². The van der Waals surface area contributed by atoms with Crippen molar-refractivity contribution in [3.05, 3.63) is 78.4 Å². The molecule has 31 heavy (non-hydrogen) atoms. The molecule has 0 unspecified atom stereocenters. The van der Waals surface area contributed by atoms with Crippen LogP contribution in [0.2, 0.25) is 0 Å². The van der Waals surface area contributed by atoms with Crippen molar-refractivity contribution in [1.29, 1.82) is 0 Å². The van der Waals surface area contributed by atoms with E-state index in [4.69, 9.17) is 4.74 Å². The van der Waals surface area contributed by atoms with E-state index in [1.807, 2.05) is 36.6 Å². The maximum Gasteiger partial charge on any atom is 0.256 e. The molecule has 0 saturated carbocycles. The lowest BCUT2D eigenvalue weighted by molar-refractivity contribution is 0.102. The highest BCUT2D eigenvalue weighted by Crippen LogP contribution is 2.21. The predicted molar refractivity (Wildman–Crippen MR) is 114 cm³/mol. The van der Waals surface area contributed by atoms with Crippen LogP contribution >= 0.6 is 0 Å². The van der Waals surface area contributed by atoms with Crippen molar-refractivity contribution >= 4 is 11.7 Å². The highest BCUT2D eigenvalue weighted by Gasteiger charge is 2.13. The Bertz CT molecular complexity index is 1180. The van der Waals surface area contributed by atoms with Crippen LogP contribution < -0.4 is 10.1 Å². The number of aromatic nitrogens is 6. The fourth-order valence-electron chi connectivity index (χ4n) is 2.92. The number of ether oxygens (including phenoxy) is 1. The number of nitrogens with one attached hydrogen (secondary N) is 1. The number of amides is 1.